The molecule has 0 aliphatic heterocycles. The van der Waals surface area contributed by atoms with Crippen molar-refractivity contribution in [3.63, 3.8) is 0 Å². The quantitative estimate of drug-likeness (QED) is 0.413. The monoisotopic (exact) mass is 241 g/mol. The molecule has 0 saturated heterocycles. The number of nitrogen functional groups attached to an aromatic ring is 1. The lowest BCUT2D eigenvalue weighted by atomic mass is 10.1. The maximum Gasteiger partial charge on any atom is 0.466 e. The standard InChI is InChI=1S/C10H9N.H3O4P/c11-10-7-3-5-8-4-1-2-6-9(8)10;1-5(2,3)4/h1-7H,11H2;(H3,1,2,3,4). The second-order valence-corrected chi connectivity index (χ2v) is 4.11. The van der Waals surface area contributed by atoms with Crippen molar-refractivity contribution in [1.82, 2.24) is 0 Å². The lowest BCUT2D eigenvalue weighted by molar-refractivity contribution is 0.275. The van der Waals surface area contributed by atoms with Crippen molar-refractivity contribution >= 4 is 24.3 Å². The fraction of sp³-hybridized carbons (Fsp3) is 0. The van der Waals surface area contributed by atoms with Crippen LogP contribution in [0.2, 0.25) is 0 Å². The van der Waals surface area contributed by atoms with E-state index < -0.39 is 7.82 Å². The minimum Gasteiger partial charge on any atom is -0.398 e. The van der Waals surface area contributed by atoms with Crippen LogP contribution in [0.3, 0.4) is 0 Å². The van der Waals surface area contributed by atoms with Crippen LogP contribution in [0.25, 0.3) is 10.8 Å². The Hall–Kier alpha value is -1.39. The van der Waals surface area contributed by atoms with Gasteiger partial charge in [0.2, 0.25) is 0 Å². The Labute approximate surface area is 92.4 Å². The Bertz CT molecular complexity index is 509. The van der Waals surface area contributed by atoms with E-state index in [9.17, 15) is 0 Å². The van der Waals surface area contributed by atoms with Crippen LogP contribution in [0.4, 0.5) is 5.69 Å². The van der Waals surface area contributed by atoms with Crippen molar-refractivity contribution in [2.24, 2.45) is 0 Å². The van der Waals surface area contributed by atoms with E-state index in [2.05, 4.69) is 12.1 Å². The number of nitrogens with two attached hydrogens (primary N) is 1. The van der Waals surface area contributed by atoms with E-state index in [0.717, 1.165) is 11.1 Å². The molecule has 0 amide bonds. The highest BCUT2D eigenvalue weighted by atomic mass is 31.2. The van der Waals surface area contributed by atoms with Gasteiger partial charge in [0.05, 0.1) is 0 Å². The lowest BCUT2D eigenvalue weighted by Gasteiger charge is -1.98. The lowest BCUT2D eigenvalue weighted by Crippen LogP contribution is -1.84. The largest absolute Gasteiger partial charge is 0.466 e. The van der Waals surface area contributed by atoms with Gasteiger partial charge in [0.15, 0.2) is 0 Å². The average molecular weight is 241 g/mol. The summed E-state index contributed by atoms with van der Waals surface area (Å²) >= 11 is 0. The van der Waals surface area contributed by atoms with Crippen LogP contribution in [0, 0.1) is 0 Å². The number of phosphoric acid groups is 1. The SMILES string of the molecule is Nc1cccc2ccccc12.O=P(O)(O)O. The Morgan fingerprint density at radius 1 is 0.938 bits per heavy atom. The van der Waals surface area contributed by atoms with E-state index in [1.165, 1.54) is 5.39 Å². The summed E-state index contributed by atoms with van der Waals surface area (Å²) in [7, 11) is -4.64. The first-order chi connectivity index (χ1) is 7.38. The summed E-state index contributed by atoms with van der Waals surface area (Å²) < 4.78 is 8.88. The van der Waals surface area contributed by atoms with E-state index in [-0.39, 0.29) is 0 Å². The summed E-state index contributed by atoms with van der Waals surface area (Å²) in [6, 6.07) is 14.1. The average Bonchev–Trinajstić information content (AvgIpc) is 2.16. The van der Waals surface area contributed by atoms with Gasteiger partial charge in [0, 0.05) is 11.1 Å². The summed E-state index contributed by atoms with van der Waals surface area (Å²) in [4.78, 5) is 21.6. The molecule has 86 valence electrons. The fourth-order valence-electron chi connectivity index (χ4n) is 1.25. The van der Waals surface area contributed by atoms with Gasteiger partial charge in [0.1, 0.15) is 0 Å². The number of hydrogen-bond donors (Lipinski definition) is 4. The molecule has 16 heavy (non-hydrogen) atoms. The van der Waals surface area contributed by atoms with Gasteiger partial charge < -0.3 is 20.4 Å². The van der Waals surface area contributed by atoms with Gasteiger partial charge in [-0.25, -0.2) is 4.57 Å². The number of fused-ring (bicyclic) bond motifs is 1. The van der Waals surface area contributed by atoms with Gasteiger partial charge in [-0.1, -0.05) is 36.4 Å². The molecule has 5 nitrogen and oxygen atoms in total. The van der Waals surface area contributed by atoms with Crippen molar-refractivity contribution in [1.29, 1.82) is 0 Å². The van der Waals surface area contributed by atoms with E-state index >= 15 is 0 Å². The van der Waals surface area contributed by atoms with Crippen molar-refractivity contribution in [3.8, 4) is 0 Å². The predicted octanol–water partition coefficient (Wildman–Crippen LogP) is 1.49. The van der Waals surface area contributed by atoms with Crippen molar-refractivity contribution in [2.75, 3.05) is 5.73 Å². The van der Waals surface area contributed by atoms with Crippen LogP contribution in [0.5, 0.6) is 0 Å². The summed E-state index contributed by atoms with van der Waals surface area (Å²) in [6.45, 7) is 0. The molecule has 0 aliphatic rings. The second kappa shape index (κ2) is 5.09. The van der Waals surface area contributed by atoms with Crippen molar-refractivity contribution in [3.05, 3.63) is 42.5 Å². The van der Waals surface area contributed by atoms with Gasteiger partial charge in [-0.05, 0) is 11.5 Å². The highest BCUT2D eigenvalue weighted by molar-refractivity contribution is 7.45. The predicted molar refractivity (Wildman–Crippen MR) is 62.6 cm³/mol. The molecular weight excluding hydrogens is 229 g/mol. The Balaban J connectivity index is 0.000000221. The molecule has 0 spiro atoms. The summed E-state index contributed by atoms with van der Waals surface area (Å²) in [5.41, 5.74) is 6.61. The van der Waals surface area contributed by atoms with E-state index in [1.807, 2.05) is 30.3 Å². The third-order valence-corrected chi connectivity index (χ3v) is 1.82. The fourth-order valence-corrected chi connectivity index (χ4v) is 1.25. The van der Waals surface area contributed by atoms with E-state index in [1.54, 1.807) is 0 Å². The molecule has 6 heteroatoms. The molecule has 2 rings (SSSR count). The highest BCUT2D eigenvalue weighted by Gasteiger charge is 2.00. The number of benzene rings is 2. The van der Waals surface area contributed by atoms with Crippen LogP contribution >= 0.6 is 7.82 Å². The van der Waals surface area contributed by atoms with Crippen LogP contribution in [-0.2, 0) is 4.57 Å². The Morgan fingerprint density at radius 3 is 2.00 bits per heavy atom. The number of anilines is 1. The van der Waals surface area contributed by atoms with Crippen LogP contribution in [-0.4, -0.2) is 14.7 Å². The molecule has 0 radical (unpaired) electrons. The zero-order chi connectivity index (χ0) is 12.2. The van der Waals surface area contributed by atoms with Crippen LogP contribution in [0.15, 0.2) is 42.5 Å². The molecule has 0 bridgehead atoms. The maximum atomic E-state index is 8.88. The van der Waals surface area contributed by atoms with Gasteiger partial charge in [-0.2, -0.15) is 0 Å². The molecule has 0 unspecified atom stereocenters. The smallest absolute Gasteiger partial charge is 0.398 e. The molecule has 0 aromatic heterocycles. The molecule has 0 fully saturated rings. The highest BCUT2D eigenvalue weighted by Crippen LogP contribution is 2.25. The first-order valence-corrected chi connectivity index (χ1v) is 5.96. The van der Waals surface area contributed by atoms with Crippen LogP contribution in [0.1, 0.15) is 0 Å². The van der Waals surface area contributed by atoms with Gasteiger partial charge in [-0.3, -0.25) is 0 Å². The normalized spacial score (nSPS) is 10.7. The molecule has 0 heterocycles. The topological polar surface area (TPSA) is 104 Å². The molecule has 2 aromatic rings. The Morgan fingerprint density at radius 2 is 1.44 bits per heavy atom. The van der Waals surface area contributed by atoms with Crippen LogP contribution < -0.4 is 5.73 Å². The van der Waals surface area contributed by atoms with Gasteiger partial charge >= 0.3 is 7.82 Å². The molecule has 0 atom stereocenters. The molecule has 2 aromatic carbocycles. The molecule has 0 saturated carbocycles. The Kier molecular flexibility index (Phi) is 4.04. The molecule has 0 aliphatic carbocycles. The molecular formula is C10H12NO4P. The minimum absolute atomic E-state index is 0.850. The third kappa shape index (κ3) is 4.42. The molecule has 5 N–H and O–H groups in total. The van der Waals surface area contributed by atoms with E-state index in [4.69, 9.17) is 25.0 Å². The minimum atomic E-state index is -4.64. The summed E-state index contributed by atoms with van der Waals surface area (Å²) in [5.74, 6) is 0. The van der Waals surface area contributed by atoms with E-state index in [0.29, 0.717) is 0 Å². The number of rotatable bonds is 0. The second-order valence-electron chi connectivity index (χ2n) is 3.08. The van der Waals surface area contributed by atoms with Crippen molar-refractivity contribution in [2.45, 2.75) is 0 Å². The number of hydrogen-bond acceptors (Lipinski definition) is 2. The van der Waals surface area contributed by atoms with Gasteiger partial charge in [0.25, 0.3) is 0 Å². The van der Waals surface area contributed by atoms with Gasteiger partial charge in [-0.15, -0.1) is 0 Å². The third-order valence-electron chi connectivity index (χ3n) is 1.82. The zero-order valence-electron chi connectivity index (χ0n) is 8.32. The van der Waals surface area contributed by atoms with Crippen molar-refractivity contribution < 1.29 is 19.2 Å². The zero-order valence-corrected chi connectivity index (χ0v) is 9.21. The first kappa shape index (κ1) is 12.7. The summed E-state index contributed by atoms with van der Waals surface area (Å²) in [6.07, 6.45) is 0. The summed E-state index contributed by atoms with van der Waals surface area (Å²) in [5, 5.41) is 2.34. The maximum absolute atomic E-state index is 8.88. The first-order valence-electron chi connectivity index (χ1n) is 4.39.